The van der Waals surface area contributed by atoms with E-state index in [1.165, 1.54) is 0 Å². The standard InChI is InChI=1S/C15H25NO4/c1-14(2,3)20-13(17)16-9-7-6-8-11(16)12-10-18-15(4,5)19-12/h6-7,11-12H,8-10H2,1-5H3/t11-,12-/m1/s1. The third-order valence-corrected chi connectivity index (χ3v) is 3.33. The highest BCUT2D eigenvalue weighted by atomic mass is 16.7. The Morgan fingerprint density at radius 2 is 2.05 bits per heavy atom. The first-order chi connectivity index (χ1) is 9.18. The zero-order valence-electron chi connectivity index (χ0n) is 13.0. The molecule has 0 unspecified atom stereocenters. The molecule has 5 heteroatoms. The van der Waals surface area contributed by atoms with Crippen LogP contribution in [0.1, 0.15) is 41.0 Å². The minimum atomic E-state index is -0.578. The lowest BCUT2D eigenvalue weighted by molar-refractivity contribution is -0.146. The van der Waals surface area contributed by atoms with E-state index in [-0.39, 0.29) is 18.2 Å². The number of nitrogens with zero attached hydrogens (tertiary/aromatic N) is 1. The van der Waals surface area contributed by atoms with Crippen LogP contribution in [-0.2, 0) is 14.2 Å². The number of hydrogen-bond donors (Lipinski definition) is 0. The van der Waals surface area contributed by atoms with Crippen LogP contribution in [0.25, 0.3) is 0 Å². The maximum absolute atomic E-state index is 12.3. The van der Waals surface area contributed by atoms with Crippen LogP contribution < -0.4 is 0 Å². The van der Waals surface area contributed by atoms with Gasteiger partial charge >= 0.3 is 6.09 Å². The van der Waals surface area contributed by atoms with Gasteiger partial charge < -0.3 is 14.2 Å². The van der Waals surface area contributed by atoms with Crippen molar-refractivity contribution in [1.29, 1.82) is 0 Å². The van der Waals surface area contributed by atoms with Gasteiger partial charge in [-0.15, -0.1) is 0 Å². The molecule has 0 N–H and O–H groups in total. The topological polar surface area (TPSA) is 48.0 Å². The van der Waals surface area contributed by atoms with E-state index in [0.717, 1.165) is 6.42 Å². The van der Waals surface area contributed by atoms with Gasteiger partial charge in [0.15, 0.2) is 5.79 Å². The van der Waals surface area contributed by atoms with E-state index < -0.39 is 11.4 Å². The summed E-state index contributed by atoms with van der Waals surface area (Å²) < 4.78 is 17.0. The predicted molar refractivity (Wildman–Crippen MR) is 75.4 cm³/mol. The highest BCUT2D eigenvalue weighted by Gasteiger charge is 2.42. The van der Waals surface area contributed by atoms with Gasteiger partial charge in [0, 0.05) is 6.54 Å². The molecule has 2 atom stereocenters. The lowest BCUT2D eigenvalue weighted by atomic mass is 10.0. The second-order valence-corrected chi connectivity index (χ2v) is 6.77. The summed E-state index contributed by atoms with van der Waals surface area (Å²) in [5.74, 6) is -0.578. The van der Waals surface area contributed by atoms with E-state index >= 15 is 0 Å². The minimum Gasteiger partial charge on any atom is -0.444 e. The Hall–Kier alpha value is -1.07. The van der Waals surface area contributed by atoms with Crippen molar-refractivity contribution in [3.8, 4) is 0 Å². The third-order valence-electron chi connectivity index (χ3n) is 3.33. The van der Waals surface area contributed by atoms with Gasteiger partial charge in [0.2, 0.25) is 0 Å². The van der Waals surface area contributed by atoms with Crippen LogP contribution in [0.2, 0.25) is 0 Å². The smallest absolute Gasteiger partial charge is 0.410 e. The zero-order chi connectivity index (χ0) is 15.0. The summed E-state index contributed by atoms with van der Waals surface area (Å²) in [5.41, 5.74) is -0.491. The Labute approximate surface area is 120 Å². The molecule has 2 rings (SSSR count). The summed E-state index contributed by atoms with van der Waals surface area (Å²) in [6.45, 7) is 10.5. The summed E-state index contributed by atoms with van der Waals surface area (Å²) in [6, 6.07) is -0.0309. The summed E-state index contributed by atoms with van der Waals surface area (Å²) in [4.78, 5) is 14.1. The van der Waals surface area contributed by atoms with Gasteiger partial charge in [-0.2, -0.15) is 0 Å². The first-order valence-corrected chi connectivity index (χ1v) is 7.14. The molecule has 20 heavy (non-hydrogen) atoms. The fraction of sp³-hybridized carbons (Fsp3) is 0.800. The quantitative estimate of drug-likeness (QED) is 0.694. The van der Waals surface area contributed by atoms with Gasteiger partial charge in [-0.05, 0) is 41.0 Å². The summed E-state index contributed by atoms with van der Waals surface area (Å²) >= 11 is 0. The van der Waals surface area contributed by atoms with Gasteiger partial charge in [-0.3, -0.25) is 4.90 Å². The van der Waals surface area contributed by atoms with Crippen LogP contribution in [0.4, 0.5) is 4.79 Å². The van der Waals surface area contributed by atoms with Gasteiger partial charge in [0.05, 0.1) is 12.6 Å². The van der Waals surface area contributed by atoms with Crippen LogP contribution in [0.5, 0.6) is 0 Å². The van der Waals surface area contributed by atoms with E-state index in [9.17, 15) is 4.79 Å². The molecule has 0 spiro atoms. The molecule has 0 bridgehead atoms. The molecule has 114 valence electrons. The maximum Gasteiger partial charge on any atom is 0.410 e. The minimum absolute atomic E-state index is 0.0309. The molecule has 5 nitrogen and oxygen atoms in total. The predicted octanol–water partition coefficient (Wildman–Crippen LogP) is 2.70. The molecule has 1 fully saturated rings. The third kappa shape index (κ3) is 3.73. The lowest BCUT2D eigenvalue weighted by Crippen LogP contribution is -2.51. The van der Waals surface area contributed by atoms with Crippen molar-refractivity contribution in [3.63, 3.8) is 0 Å². The molecule has 0 aromatic rings. The fourth-order valence-corrected chi connectivity index (χ4v) is 2.47. The number of hydrogen-bond acceptors (Lipinski definition) is 4. The van der Waals surface area contributed by atoms with Crippen molar-refractivity contribution < 1.29 is 19.0 Å². The number of carbonyl (C=O) groups excluding carboxylic acids is 1. The van der Waals surface area contributed by atoms with Crippen LogP contribution in [-0.4, -0.2) is 47.7 Å². The van der Waals surface area contributed by atoms with E-state index in [1.807, 2.05) is 40.7 Å². The Bertz CT molecular complexity index is 397. The van der Waals surface area contributed by atoms with Gasteiger partial charge in [0.25, 0.3) is 0 Å². The van der Waals surface area contributed by atoms with Crippen LogP contribution >= 0.6 is 0 Å². The lowest BCUT2D eigenvalue weighted by Gasteiger charge is -2.37. The average Bonchev–Trinajstić information content (AvgIpc) is 2.67. The normalized spacial score (nSPS) is 29.6. The maximum atomic E-state index is 12.3. The number of carbonyl (C=O) groups is 1. The Kier molecular flexibility index (Phi) is 4.12. The highest BCUT2D eigenvalue weighted by Crippen LogP contribution is 2.29. The molecule has 0 aliphatic carbocycles. The van der Waals surface area contributed by atoms with Gasteiger partial charge in [0.1, 0.15) is 11.7 Å². The van der Waals surface area contributed by atoms with Crippen molar-refractivity contribution >= 4 is 6.09 Å². The molecule has 0 radical (unpaired) electrons. The monoisotopic (exact) mass is 283 g/mol. The molecule has 0 aromatic heterocycles. The number of amides is 1. The first-order valence-electron chi connectivity index (χ1n) is 7.14. The molecule has 2 aliphatic heterocycles. The number of ether oxygens (including phenoxy) is 3. The highest BCUT2D eigenvalue weighted by molar-refractivity contribution is 5.69. The molecule has 1 saturated heterocycles. The molecular weight excluding hydrogens is 258 g/mol. The molecule has 2 aliphatic rings. The van der Waals surface area contributed by atoms with Crippen LogP contribution in [0.3, 0.4) is 0 Å². The SMILES string of the molecule is CC(C)(C)OC(=O)N1CC=CC[C@@H]1[C@H]1COC(C)(C)O1. The number of rotatable bonds is 1. The summed E-state index contributed by atoms with van der Waals surface area (Å²) in [7, 11) is 0. The summed E-state index contributed by atoms with van der Waals surface area (Å²) in [5, 5.41) is 0. The van der Waals surface area contributed by atoms with Crippen molar-refractivity contribution in [2.24, 2.45) is 0 Å². The molecule has 0 aromatic carbocycles. The van der Waals surface area contributed by atoms with Crippen molar-refractivity contribution in [1.82, 2.24) is 4.90 Å². The van der Waals surface area contributed by atoms with E-state index in [4.69, 9.17) is 14.2 Å². The summed E-state index contributed by atoms with van der Waals surface area (Å²) in [6.07, 6.45) is 4.44. The van der Waals surface area contributed by atoms with Gasteiger partial charge in [-0.1, -0.05) is 12.2 Å². The van der Waals surface area contributed by atoms with Gasteiger partial charge in [-0.25, -0.2) is 4.79 Å². The van der Waals surface area contributed by atoms with E-state index in [0.29, 0.717) is 13.2 Å². The average molecular weight is 283 g/mol. The molecule has 1 amide bonds. The van der Waals surface area contributed by atoms with Crippen molar-refractivity contribution in [3.05, 3.63) is 12.2 Å². The first kappa shape index (κ1) is 15.3. The molecular formula is C15H25NO4. The van der Waals surface area contributed by atoms with Crippen LogP contribution in [0.15, 0.2) is 12.2 Å². The largest absolute Gasteiger partial charge is 0.444 e. The second-order valence-electron chi connectivity index (χ2n) is 6.77. The fourth-order valence-electron chi connectivity index (χ4n) is 2.47. The zero-order valence-corrected chi connectivity index (χ0v) is 13.0. The van der Waals surface area contributed by atoms with Crippen molar-refractivity contribution in [2.45, 2.75) is 64.6 Å². The van der Waals surface area contributed by atoms with Crippen molar-refractivity contribution in [2.75, 3.05) is 13.2 Å². The Balaban J connectivity index is 2.07. The second kappa shape index (κ2) is 5.37. The van der Waals surface area contributed by atoms with E-state index in [1.54, 1.807) is 4.90 Å². The van der Waals surface area contributed by atoms with E-state index in [2.05, 4.69) is 6.08 Å². The Morgan fingerprint density at radius 3 is 2.60 bits per heavy atom. The molecule has 2 heterocycles. The molecule has 0 saturated carbocycles. The van der Waals surface area contributed by atoms with Crippen LogP contribution in [0, 0.1) is 0 Å². The Morgan fingerprint density at radius 1 is 1.35 bits per heavy atom.